The Bertz CT molecular complexity index is 1480. The van der Waals surface area contributed by atoms with Crippen LogP contribution < -0.4 is 4.74 Å². The van der Waals surface area contributed by atoms with Crippen molar-refractivity contribution in [2.24, 2.45) is 0 Å². The van der Waals surface area contributed by atoms with Crippen LogP contribution in [0, 0.1) is 5.82 Å². The van der Waals surface area contributed by atoms with Crippen LogP contribution in [0.5, 0.6) is 5.75 Å². The van der Waals surface area contributed by atoms with Crippen LogP contribution in [0.2, 0.25) is 0 Å². The van der Waals surface area contributed by atoms with Crippen molar-refractivity contribution >= 4 is 28.2 Å². The van der Waals surface area contributed by atoms with Gasteiger partial charge >= 0.3 is 0 Å². The number of aromatic nitrogens is 2. The molecule has 7 nitrogen and oxygen atoms in total. The number of carbonyl (C=O) groups is 2. The summed E-state index contributed by atoms with van der Waals surface area (Å²) in [6.45, 7) is 0.839. The van der Waals surface area contributed by atoms with Crippen LogP contribution in [0.15, 0.2) is 85.0 Å². The Morgan fingerprint density at radius 2 is 1.86 bits per heavy atom. The van der Waals surface area contributed by atoms with Gasteiger partial charge in [-0.25, -0.2) is 9.37 Å². The molecule has 1 fully saturated rings. The predicted octanol–water partition coefficient (Wildman–Crippen LogP) is 4.70. The number of ketones is 1. The first-order chi connectivity index (χ1) is 17.5. The molecular formula is C28H24FN3O4. The molecule has 1 N–H and O–H groups in total. The van der Waals surface area contributed by atoms with E-state index in [-0.39, 0.29) is 17.9 Å². The number of benzene rings is 3. The van der Waals surface area contributed by atoms with E-state index in [1.807, 2.05) is 29.0 Å². The lowest BCUT2D eigenvalue weighted by Crippen LogP contribution is -2.31. The summed E-state index contributed by atoms with van der Waals surface area (Å²) in [6, 6.07) is 15.6. The maximum atomic E-state index is 14.2. The Labute approximate surface area is 207 Å². The fourth-order valence-corrected chi connectivity index (χ4v) is 4.63. The van der Waals surface area contributed by atoms with Gasteiger partial charge in [-0.05, 0) is 53.1 Å². The van der Waals surface area contributed by atoms with E-state index in [1.54, 1.807) is 43.9 Å². The van der Waals surface area contributed by atoms with Crippen LogP contribution in [0.3, 0.4) is 0 Å². The predicted molar refractivity (Wildman–Crippen MR) is 133 cm³/mol. The van der Waals surface area contributed by atoms with E-state index in [4.69, 9.17) is 4.74 Å². The number of aliphatic hydroxyl groups excluding tert-OH is 1. The number of hydrogen-bond donors (Lipinski definition) is 1. The molecule has 0 aliphatic carbocycles. The summed E-state index contributed by atoms with van der Waals surface area (Å²) in [6.07, 6.45) is 5.70. The minimum Gasteiger partial charge on any atom is -0.507 e. The largest absolute Gasteiger partial charge is 0.507 e. The van der Waals surface area contributed by atoms with Crippen LogP contribution in [0.25, 0.3) is 16.5 Å². The van der Waals surface area contributed by atoms with Crippen LogP contribution in [0.1, 0.15) is 23.6 Å². The maximum absolute atomic E-state index is 14.2. The Kier molecular flexibility index (Phi) is 6.25. The Morgan fingerprint density at radius 1 is 1.06 bits per heavy atom. The average Bonchev–Trinajstić information content (AvgIpc) is 3.50. The van der Waals surface area contributed by atoms with Crippen molar-refractivity contribution in [3.63, 3.8) is 0 Å². The number of carbonyl (C=O) groups excluding carboxylic acids is 2. The van der Waals surface area contributed by atoms with Gasteiger partial charge < -0.3 is 19.3 Å². The number of Topliss-reactive ketones (excluding diaryl/α,β-unsaturated/α-hetero) is 1. The molecule has 1 aromatic heterocycles. The molecule has 1 aliphatic heterocycles. The SMILES string of the molecule is COc1ccc2cc(/C(O)=C3\C(=O)C(=O)N(CCCn4ccnc4)C3c3cccc(F)c3)ccc2c1. The molecular weight excluding hydrogens is 461 g/mol. The number of aryl methyl sites for hydroxylation is 1. The van der Waals surface area contributed by atoms with Gasteiger partial charge in [0.15, 0.2) is 0 Å². The van der Waals surface area contributed by atoms with Gasteiger partial charge in [-0.2, -0.15) is 0 Å². The van der Waals surface area contributed by atoms with Gasteiger partial charge in [0.25, 0.3) is 11.7 Å². The van der Waals surface area contributed by atoms with Crippen molar-refractivity contribution in [1.82, 2.24) is 14.5 Å². The van der Waals surface area contributed by atoms with Gasteiger partial charge in [0.05, 0.1) is 25.1 Å². The van der Waals surface area contributed by atoms with Crippen molar-refractivity contribution < 1.29 is 23.8 Å². The summed E-state index contributed by atoms with van der Waals surface area (Å²) >= 11 is 0. The van der Waals surface area contributed by atoms with E-state index >= 15 is 0 Å². The highest BCUT2D eigenvalue weighted by Crippen LogP contribution is 2.40. The fraction of sp³-hybridized carbons (Fsp3) is 0.179. The molecule has 4 aromatic rings. The van der Waals surface area contributed by atoms with E-state index in [1.165, 1.54) is 23.1 Å². The molecule has 8 heteroatoms. The molecule has 0 spiro atoms. The minimum atomic E-state index is -0.907. The van der Waals surface area contributed by atoms with Crippen LogP contribution >= 0.6 is 0 Å². The number of aliphatic hydroxyl groups is 1. The quantitative estimate of drug-likeness (QED) is 0.233. The maximum Gasteiger partial charge on any atom is 0.295 e. The summed E-state index contributed by atoms with van der Waals surface area (Å²) in [5.41, 5.74) is 0.760. The zero-order valence-corrected chi connectivity index (χ0v) is 19.6. The molecule has 1 unspecified atom stereocenters. The molecule has 0 saturated carbocycles. The van der Waals surface area contributed by atoms with Crippen molar-refractivity contribution in [3.05, 3.63) is 102 Å². The lowest BCUT2D eigenvalue weighted by molar-refractivity contribution is -0.139. The van der Waals surface area contributed by atoms with Crippen LogP contribution in [-0.2, 0) is 16.1 Å². The molecule has 182 valence electrons. The van der Waals surface area contributed by atoms with E-state index in [0.717, 1.165) is 10.8 Å². The number of ether oxygens (including phenoxy) is 1. The van der Waals surface area contributed by atoms with Gasteiger partial charge in [-0.15, -0.1) is 0 Å². The summed E-state index contributed by atoms with van der Waals surface area (Å²) < 4.78 is 21.3. The number of fused-ring (bicyclic) bond motifs is 1. The smallest absolute Gasteiger partial charge is 0.295 e. The van der Waals surface area contributed by atoms with Crippen molar-refractivity contribution in [2.45, 2.75) is 19.0 Å². The normalized spacial score (nSPS) is 17.2. The molecule has 1 atom stereocenters. The fourth-order valence-electron chi connectivity index (χ4n) is 4.63. The zero-order valence-electron chi connectivity index (χ0n) is 19.6. The molecule has 36 heavy (non-hydrogen) atoms. The second kappa shape index (κ2) is 9.65. The Hall–Kier alpha value is -4.46. The lowest BCUT2D eigenvalue weighted by atomic mass is 9.94. The molecule has 2 heterocycles. The average molecular weight is 486 g/mol. The first-order valence-electron chi connectivity index (χ1n) is 11.5. The Morgan fingerprint density at radius 3 is 2.61 bits per heavy atom. The number of rotatable bonds is 7. The number of nitrogens with zero attached hydrogens (tertiary/aromatic N) is 3. The number of imidazole rings is 1. The van der Waals surface area contributed by atoms with Gasteiger partial charge in [0, 0.05) is 31.0 Å². The van der Waals surface area contributed by atoms with E-state index in [0.29, 0.717) is 29.8 Å². The first-order valence-corrected chi connectivity index (χ1v) is 11.5. The first kappa shape index (κ1) is 23.3. The number of halogens is 1. The molecule has 0 bridgehead atoms. The molecule has 1 saturated heterocycles. The zero-order chi connectivity index (χ0) is 25.2. The van der Waals surface area contributed by atoms with E-state index in [2.05, 4.69) is 4.98 Å². The van der Waals surface area contributed by atoms with Gasteiger partial charge in [0.1, 0.15) is 17.3 Å². The van der Waals surface area contributed by atoms with Crippen LogP contribution in [0.4, 0.5) is 4.39 Å². The van der Waals surface area contributed by atoms with Crippen molar-refractivity contribution in [1.29, 1.82) is 0 Å². The van der Waals surface area contributed by atoms with Gasteiger partial charge in [-0.3, -0.25) is 9.59 Å². The molecule has 5 rings (SSSR count). The highest BCUT2D eigenvalue weighted by Gasteiger charge is 2.45. The number of methoxy groups -OCH3 is 1. The third kappa shape index (κ3) is 4.33. The molecule has 1 aliphatic rings. The summed E-state index contributed by atoms with van der Waals surface area (Å²) in [5, 5.41) is 13.0. The minimum absolute atomic E-state index is 0.0545. The Balaban J connectivity index is 1.56. The second-order valence-electron chi connectivity index (χ2n) is 8.63. The van der Waals surface area contributed by atoms with Gasteiger partial charge in [-0.1, -0.05) is 30.3 Å². The summed E-state index contributed by atoms with van der Waals surface area (Å²) in [7, 11) is 1.59. The summed E-state index contributed by atoms with van der Waals surface area (Å²) in [5.74, 6) is -1.60. The molecule has 1 amide bonds. The topological polar surface area (TPSA) is 84.7 Å². The summed E-state index contributed by atoms with van der Waals surface area (Å²) in [4.78, 5) is 31.7. The molecule has 0 radical (unpaired) electrons. The lowest BCUT2D eigenvalue weighted by Gasteiger charge is -2.25. The monoisotopic (exact) mass is 485 g/mol. The highest BCUT2D eigenvalue weighted by atomic mass is 19.1. The van der Waals surface area contributed by atoms with Crippen molar-refractivity contribution in [2.75, 3.05) is 13.7 Å². The number of likely N-dealkylation sites (tertiary alicyclic amines) is 1. The second-order valence-corrected chi connectivity index (χ2v) is 8.63. The standard InChI is InChI=1S/C28H24FN3O4/c1-36-23-9-8-18-14-21(7-6-19(18)16-23)26(33)24-25(20-4-2-5-22(29)15-20)32(28(35)27(24)34)12-3-11-31-13-10-30-17-31/h2,4-10,13-17,25,33H,3,11-12H2,1H3/b26-24+. The van der Waals surface area contributed by atoms with E-state index < -0.39 is 23.5 Å². The highest BCUT2D eigenvalue weighted by molar-refractivity contribution is 6.46. The third-order valence-corrected chi connectivity index (χ3v) is 6.40. The van der Waals surface area contributed by atoms with E-state index in [9.17, 15) is 19.1 Å². The van der Waals surface area contributed by atoms with Crippen LogP contribution in [-0.4, -0.2) is 44.9 Å². The van der Waals surface area contributed by atoms with Gasteiger partial charge in [0.2, 0.25) is 0 Å². The number of hydrogen-bond acceptors (Lipinski definition) is 5. The molecule has 3 aromatic carbocycles. The third-order valence-electron chi connectivity index (χ3n) is 6.40. The van der Waals surface area contributed by atoms with Crippen molar-refractivity contribution in [3.8, 4) is 5.75 Å². The number of amides is 1.